The van der Waals surface area contributed by atoms with Crippen molar-refractivity contribution < 1.29 is 4.74 Å². The van der Waals surface area contributed by atoms with Crippen molar-refractivity contribution in [3.63, 3.8) is 0 Å². The van der Waals surface area contributed by atoms with E-state index in [2.05, 4.69) is 51.5 Å². The first kappa shape index (κ1) is 18.2. The Balaban J connectivity index is 2.61. The van der Waals surface area contributed by atoms with Gasteiger partial charge in [0.05, 0.1) is 13.2 Å². The summed E-state index contributed by atoms with van der Waals surface area (Å²) in [6.45, 7) is 11.1. The summed E-state index contributed by atoms with van der Waals surface area (Å²) in [6.07, 6.45) is 1.90. The van der Waals surface area contributed by atoms with Crippen molar-refractivity contribution in [2.45, 2.75) is 27.3 Å². The number of nitrogens with zero attached hydrogens (tertiary/aromatic N) is 3. The topological polar surface area (TPSA) is 61.8 Å². The zero-order valence-electron chi connectivity index (χ0n) is 14.2. The third kappa shape index (κ3) is 6.30. The fourth-order valence-electron chi connectivity index (χ4n) is 2.03. The molecule has 0 fully saturated rings. The standard InChI is InChI=1S/C16H29N5O/c1-5-17-16(18-10-11-22-4)20-13-14-8-9-15(19-12-14)21(6-2)7-3/h8-9,12H,5-7,10-11,13H2,1-4H3,(H2,17,18,20). The maximum absolute atomic E-state index is 5.03. The highest BCUT2D eigenvalue weighted by Gasteiger charge is 2.03. The second-order valence-corrected chi connectivity index (χ2v) is 4.81. The van der Waals surface area contributed by atoms with Gasteiger partial charge in [0.15, 0.2) is 5.96 Å². The number of aromatic nitrogens is 1. The number of hydrogen-bond donors (Lipinski definition) is 2. The molecule has 22 heavy (non-hydrogen) atoms. The molecule has 0 aromatic carbocycles. The molecule has 2 N–H and O–H groups in total. The molecular weight excluding hydrogens is 278 g/mol. The highest BCUT2D eigenvalue weighted by molar-refractivity contribution is 5.79. The van der Waals surface area contributed by atoms with Gasteiger partial charge in [0, 0.05) is 39.5 Å². The van der Waals surface area contributed by atoms with E-state index in [1.807, 2.05) is 13.1 Å². The number of ether oxygens (including phenoxy) is 1. The summed E-state index contributed by atoms with van der Waals surface area (Å²) in [5.41, 5.74) is 1.10. The molecule has 1 heterocycles. The lowest BCUT2D eigenvalue weighted by Crippen LogP contribution is -2.38. The number of anilines is 1. The molecule has 0 amide bonds. The smallest absolute Gasteiger partial charge is 0.191 e. The minimum absolute atomic E-state index is 0.605. The van der Waals surface area contributed by atoms with Crippen molar-refractivity contribution in [1.29, 1.82) is 0 Å². The zero-order chi connectivity index (χ0) is 16.2. The summed E-state index contributed by atoms with van der Waals surface area (Å²) in [7, 11) is 1.69. The number of methoxy groups -OCH3 is 1. The largest absolute Gasteiger partial charge is 0.383 e. The molecule has 0 unspecified atom stereocenters. The van der Waals surface area contributed by atoms with Crippen LogP contribution >= 0.6 is 0 Å². The van der Waals surface area contributed by atoms with Gasteiger partial charge >= 0.3 is 0 Å². The number of guanidine groups is 1. The molecule has 0 saturated carbocycles. The van der Waals surface area contributed by atoms with E-state index in [9.17, 15) is 0 Å². The van der Waals surface area contributed by atoms with Crippen LogP contribution in [0.4, 0.5) is 5.82 Å². The van der Waals surface area contributed by atoms with Gasteiger partial charge in [-0.3, -0.25) is 0 Å². The van der Waals surface area contributed by atoms with Crippen LogP contribution in [0.3, 0.4) is 0 Å². The van der Waals surface area contributed by atoms with Gasteiger partial charge in [0.25, 0.3) is 0 Å². The normalized spacial score (nSPS) is 11.4. The summed E-state index contributed by atoms with van der Waals surface area (Å²) in [5, 5.41) is 6.44. The number of rotatable bonds is 9. The molecule has 124 valence electrons. The lowest BCUT2D eigenvalue weighted by molar-refractivity contribution is 0.203. The SMILES string of the molecule is CCNC(=NCc1ccc(N(CC)CC)nc1)NCCOC. The lowest BCUT2D eigenvalue weighted by atomic mass is 10.3. The number of aliphatic imine (C=N–C) groups is 1. The van der Waals surface area contributed by atoms with Crippen molar-refractivity contribution in [1.82, 2.24) is 15.6 Å². The van der Waals surface area contributed by atoms with Crippen LogP contribution in [0.5, 0.6) is 0 Å². The molecule has 0 aliphatic rings. The van der Waals surface area contributed by atoms with E-state index in [1.165, 1.54) is 0 Å². The van der Waals surface area contributed by atoms with Crippen molar-refractivity contribution in [3.05, 3.63) is 23.9 Å². The third-order valence-corrected chi connectivity index (χ3v) is 3.26. The van der Waals surface area contributed by atoms with E-state index < -0.39 is 0 Å². The fourth-order valence-corrected chi connectivity index (χ4v) is 2.03. The Kier molecular flexibility index (Phi) is 8.98. The molecule has 6 nitrogen and oxygen atoms in total. The Morgan fingerprint density at radius 3 is 2.55 bits per heavy atom. The molecule has 0 atom stereocenters. The summed E-state index contributed by atoms with van der Waals surface area (Å²) < 4.78 is 5.03. The van der Waals surface area contributed by atoms with Crippen LogP contribution in [-0.2, 0) is 11.3 Å². The van der Waals surface area contributed by atoms with E-state index in [0.717, 1.165) is 43.5 Å². The lowest BCUT2D eigenvalue weighted by Gasteiger charge is -2.19. The highest BCUT2D eigenvalue weighted by atomic mass is 16.5. The third-order valence-electron chi connectivity index (χ3n) is 3.26. The first-order chi connectivity index (χ1) is 10.7. The van der Waals surface area contributed by atoms with Crippen molar-refractivity contribution in [2.75, 3.05) is 44.8 Å². The van der Waals surface area contributed by atoms with Crippen molar-refractivity contribution in [3.8, 4) is 0 Å². The zero-order valence-corrected chi connectivity index (χ0v) is 14.2. The van der Waals surface area contributed by atoms with Crippen LogP contribution in [0.25, 0.3) is 0 Å². The van der Waals surface area contributed by atoms with Gasteiger partial charge in [-0.2, -0.15) is 0 Å². The first-order valence-electron chi connectivity index (χ1n) is 7.96. The van der Waals surface area contributed by atoms with Crippen LogP contribution in [0.2, 0.25) is 0 Å². The predicted octanol–water partition coefficient (Wildman–Crippen LogP) is 1.63. The average Bonchev–Trinajstić information content (AvgIpc) is 2.55. The first-order valence-corrected chi connectivity index (χ1v) is 7.96. The molecule has 1 aromatic heterocycles. The maximum Gasteiger partial charge on any atom is 0.191 e. The summed E-state index contributed by atoms with van der Waals surface area (Å²) in [6, 6.07) is 4.14. The second kappa shape index (κ2) is 10.8. The summed E-state index contributed by atoms with van der Waals surface area (Å²) >= 11 is 0. The Labute approximate surface area is 134 Å². The van der Waals surface area contributed by atoms with Crippen molar-refractivity contribution in [2.24, 2.45) is 4.99 Å². The second-order valence-electron chi connectivity index (χ2n) is 4.81. The van der Waals surface area contributed by atoms with Gasteiger partial charge in [0.2, 0.25) is 0 Å². The van der Waals surface area contributed by atoms with Gasteiger partial charge in [-0.05, 0) is 32.4 Å². The molecule has 0 bridgehead atoms. The Hall–Kier alpha value is -1.82. The summed E-state index contributed by atoms with van der Waals surface area (Å²) in [5.74, 6) is 1.82. The molecule has 6 heteroatoms. The number of pyridine rings is 1. The number of hydrogen-bond acceptors (Lipinski definition) is 4. The van der Waals surface area contributed by atoms with E-state index in [0.29, 0.717) is 13.2 Å². The minimum atomic E-state index is 0.605. The van der Waals surface area contributed by atoms with Crippen molar-refractivity contribution >= 4 is 11.8 Å². The average molecular weight is 307 g/mol. The molecule has 0 aliphatic carbocycles. The van der Waals surface area contributed by atoms with Crippen LogP contribution in [0, 0.1) is 0 Å². The van der Waals surface area contributed by atoms with Crippen LogP contribution in [-0.4, -0.2) is 50.8 Å². The fraction of sp³-hybridized carbons (Fsp3) is 0.625. The highest BCUT2D eigenvalue weighted by Crippen LogP contribution is 2.11. The Morgan fingerprint density at radius 2 is 2.00 bits per heavy atom. The molecule has 1 aromatic rings. The molecule has 0 spiro atoms. The Morgan fingerprint density at radius 1 is 1.23 bits per heavy atom. The van der Waals surface area contributed by atoms with Crippen LogP contribution in [0.1, 0.15) is 26.3 Å². The predicted molar refractivity (Wildman–Crippen MR) is 92.5 cm³/mol. The van der Waals surface area contributed by atoms with Gasteiger partial charge in [-0.25, -0.2) is 9.98 Å². The van der Waals surface area contributed by atoms with Gasteiger partial charge in [-0.1, -0.05) is 6.07 Å². The molecule has 1 rings (SSSR count). The molecule has 0 aliphatic heterocycles. The monoisotopic (exact) mass is 307 g/mol. The summed E-state index contributed by atoms with van der Waals surface area (Å²) in [4.78, 5) is 11.3. The van der Waals surface area contributed by atoms with E-state index in [4.69, 9.17) is 4.74 Å². The minimum Gasteiger partial charge on any atom is -0.383 e. The van der Waals surface area contributed by atoms with Gasteiger partial charge < -0.3 is 20.3 Å². The van der Waals surface area contributed by atoms with E-state index in [1.54, 1.807) is 7.11 Å². The molecular formula is C16H29N5O. The molecule has 0 radical (unpaired) electrons. The van der Waals surface area contributed by atoms with E-state index >= 15 is 0 Å². The molecule has 0 saturated heterocycles. The van der Waals surface area contributed by atoms with Gasteiger partial charge in [0.1, 0.15) is 5.82 Å². The van der Waals surface area contributed by atoms with Crippen LogP contribution in [0.15, 0.2) is 23.3 Å². The Bertz CT molecular complexity index is 429. The van der Waals surface area contributed by atoms with Crippen LogP contribution < -0.4 is 15.5 Å². The number of nitrogens with one attached hydrogen (secondary N) is 2. The van der Waals surface area contributed by atoms with Gasteiger partial charge in [-0.15, -0.1) is 0 Å². The maximum atomic E-state index is 5.03. The quantitative estimate of drug-likeness (QED) is 0.412. The van der Waals surface area contributed by atoms with E-state index in [-0.39, 0.29) is 0 Å².